The first-order valence-electron chi connectivity index (χ1n) is 7.90. The fourth-order valence-corrected chi connectivity index (χ4v) is 1.75. The second-order valence-electron chi connectivity index (χ2n) is 5.39. The van der Waals surface area contributed by atoms with E-state index in [1.54, 1.807) is 6.92 Å². The molecule has 27 heavy (non-hydrogen) atoms. The summed E-state index contributed by atoms with van der Waals surface area (Å²) >= 11 is 0. The van der Waals surface area contributed by atoms with Crippen LogP contribution < -0.4 is 4.74 Å². The lowest BCUT2D eigenvalue weighted by Crippen LogP contribution is -2.01. The lowest BCUT2D eigenvalue weighted by molar-refractivity contribution is 0.226. The van der Waals surface area contributed by atoms with Crippen LogP contribution in [0, 0.1) is 11.6 Å². The van der Waals surface area contributed by atoms with Gasteiger partial charge in [-0.1, -0.05) is 38.5 Å². The van der Waals surface area contributed by atoms with Crippen molar-refractivity contribution in [2.24, 2.45) is 0 Å². The molecule has 0 spiro atoms. The van der Waals surface area contributed by atoms with Crippen molar-refractivity contribution >= 4 is 0 Å². The average molecular weight is 378 g/mol. The Kier molecular flexibility index (Phi) is 8.20. The smallest absolute Gasteiger partial charge is 0.204 e. The highest BCUT2D eigenvalue weighted by atomic mass is 19.2. The van der Waals surface area contributed by atoms with E-state index in [1.165, 1.54) is 12.2 Å². The molecule has 144 valence electrons. The number of aromatic hydroxyl groups is 1. The van der Waals surface area contributed by atoms with Crippen molar-refractivity contribution in [2.75, 3.05) is 13.2 Å². The van der Waals surface area contributed by atoms with Gasteiger partial charge in [-0.25, -0.2) is 4.39 Å². The van der Waals surface area contributed by atoms with Gasteiger partial charge in [-0.3, -0.25) is 0 Å². The van der Waals surface area contributed by atoms with Gasteiger partial charge in [0.05, 0.1) is 6.61 Å². The molecule has 1 aromatic carbocycles. The summed E-state index contributed by atoms with van der Waals surface area (Å²) in [6.07, 6.45) is 4.18. The summed E-state index contributed by atoms with van der Waals surface area (Å²) in [5, 5.41) is 9.06. The second kappa shape index (κ2) is 10.1. The Hall–Kier alpha value is -3.15. The molecule has 0 aliphatic heterocycles. The van der Waals surface area contributed by atoms with Gasteiger partial charge in [0.15, 0.2) is 17.3 Å². The Morgan fingerprint density at radius 3 is 2.37 bits per heavy atom. The Morgan fingerprint density at radius 1 is 1.07 bits per heavy atom. The fraction of sp³-hybridized carbons (Fsp3) is 0.143. The first-order valence-corrected chi connectivity index (χ1v) is 7.90. The van der Waals surface area contributed by atoms with Crippen molar-refractivity contribution in [1.82, 2.24) is 0 Å². The van der Waals surface area contributed by atoms with E-state index in [0.717, 1.165) is 18.2 Å². The van der Waals surface area contributed by atoms with Crippen LogP contribution in [-0.4, -0.2) is 18.3 Å². The van der Waals surface area contributed by atoms with Gasteiger partial charge in [-0.05, 0) is 41.9 Å². The summed E-state index contributed by atoms with van der Waals surface area (Å²) in [6.45, 7) is 16.5. The summed E-state index contributed by atoms with van der Waals surface area (Å²) in [7, 11) is 0. The SMILES string of the molecule is C=C(/C=C\C(=C)C(=C)/C=C(/F)C(=C)OCC)COc1ccc(O)c(F)c1F. The molecule has 0 bridgehead atoms. The molecule has 6 heteroatoms. The van der Waals surface area contributed by atoms with E-state index >= 15 is 0 Å². The van der Waals surface area contributed by atoms with E-state index in [2.05, 4.69) is 26.3 Å². The van der Waals surface area contributed by atoms with Crippen molar-refractivity contribution in [3.63, 3.8) is 0 Å². The zero-order chi connectivity index (χ0) is 20.6. The molecular weight excluding hydrogens is 357 g/mol. The standard InChI is InChI=1S/C21H21F3O3/c1-6-26-16(5)17(22)11-15(4)14(3)8-7-13(2)12-27-19-10-9-18(25)20(23)21(19)24/h7-11,25H,2-6,12H2,1H3/b8-7-,17-11+. The molecule has 0 radical (unpaired) electrons. The van der Waals surface area contributed by atoms with Crippen LogP contribution >= 0.6 is 0 Å². The molecule has 0 aliphatic carbocycles. The first-order chi connectivity index (χ1) is 12.7. The molecule has 0 aliphatic rings. The highest BCUT2D eigenvalue weighted by Crippen LogP contribution is 2.26. The molecule has 1 aromatic rings. The lowest BCUT2D eigenvalue weighted by atomic mass is 10.1. The number of allylic oxidation sites excluding steroid dienone is 5. The largest absolute Gasteiger partial charge is 0.505 e. The number of rotatable bonds is 10. The first kappa shape index (κ1) is 21.9. The van der Waals surface area contributed by atoms with Crippen LogP contribution in [0.3, 0.4) is 0 Å². The molecule has 0 fully saturated rings. The van der Waals surface area contributed by atoms with E-state index in [1.807, 2.05) is 0 Å². The summed E-state index contributed by atoms with van der Waals surface area (Å²) < 4.78 is 50.7. The van der Waals surface area contributed by atoms with E-state index in [4.69, 9.17) is 14.6 Å². The number of phenolic OH excluding ortho intramolecular Hbond substituents is 1. The fourth-order valence-electron chi connectivity index (χ4n) is 1.75. The Labute approximate surface area is 156 Å². The summed E-state index contributed by atoms with van der Waals surface area (Å²) in [5.74, 6) is -4.61. The maximum Gasteiger partial charge on any atom is 0.204 e. The van der Waals surface area contributed by atoms with Crippen LogP contribution in [0.15, 0.2) is 85.0 Å². The van der Waals surface area contributed by atoms with Gasteiger partial charge in [0.2, 0.25) is 11.6 Å². The highest BCUT2D eigenvalue weighted by Gasteiger charge is 2.13. The summed E-state index contributed by atoms with van der Waals surface area (Å²) in [6, 6.07) is 2.08. The molecule has 3 nitrogen and oxygen atoms in total. The Bertz CT molecular complexity index is 820. The third-order valence-corrected chi connectivity index (χ3v) is 3.26. The van der Waals surface area contributed by atoms with Crippen molar-refractivity contribution in [2.45, 2.75) is 6.92 Å². The van der Waals surface area contributed by atoms with Crippen LogP contribution in [0.4, 0.5) is 13.2 Å². The number of phenols is 1. The van der Waals surface area contributed by atoms with Gasteiger partial charge in [-0.15, -0.1) is 0 Å². The normalized spacial score (nSPS) is 11.3. The minimum Gasteiger partial charge on any atom is -0.505 e. The van der Waals surface area contributed by atoms with E-state index in [0.29, 0.717) is 23.3 Å². The monoisotopic (exact) mass is 378 g/mol. The third kappa shape index (κ3) is 6.58. The van der Waals surface area contributed by atoms with Crippen molar-refractivity contribution in [3.05, 3.63) is 96.6 Å². The second-order valence-corrected chi connectivity index (χ2v) is 5.39. The quantitative estimate of drug-likeness (QED) is 0.421. The minimum absolute atomic E-state index is 0.101. The van der Waals surface area contributed by atoms with Gasteiger partial charge in [0, 0.05) is 0 Å². The van der Waals surface area contributed by atoms with Gasteiger partial charge in [0.25, 0.3) is 0 Å². The minimum atomic E-state index is -1.39. The number of hydrogen-bond acceptors (Lipinski definition) is 3. The number of halogens is 3. The van der Waals surface area contributed by atoms with Crippen LogP contribution in [0.5, 0.6) is 11.5 Å². The molecule has 0 amide bonds. The molecule has 0 saturated heterocycles. The molecule has 0 aromatic heterocycles. The third-order valence-electron chi connectivity index (χ3n) is 3.26. The molecule has 0 heterocycles. The van der Waals surface area contributed by atoms with Gasteiger partial charge < -0.3 is 14.6 Å². The van der Waals surface area contributed by atoms with Crippen LogP contribution in [0.25, 0.3) is 0 Å². The van der Waals surface area contributed by atoms with E-state index < -0.39 is 23.2 Å². The summed E-state index contributed by atoms with van der Waals surface area (Å²) in [4.78, 5) is 0. The van der Waals surface area contributed by atoms with E-state index in [-0.39, 0.29) is 18.1 Å². The van der Waals surface area contributed by atoms with Gasteiger partial charge in [-0.2, -0.15) is 8.78 Å². The van der Waals surface area contributed by atoms with Crippen LogP contribution in [0.1, 0.15) is 6.92 Å². The lowest BCUT2D eigenvalue weighted by Gasteiger charge is -2.08. The molecule has 1 N–H and O–H groups in total. The van der Waals surface area contributed by atoms with Gasteiger partial charge >= 0.3 is 0 Å². The molecule has 0 saturated carbocycles. The highest BCUT2D eigenvalue weighted by molar-refractivity contribution is 5.46. The van der Waals surface area contributed by atoms with Gasteiger partial charge in [0.1, 0.15) is 12.4 Å². The maximum absolute atomic E-state index is 13.8. The zero-order valence-corrected chi connectivity index (χ0v) is 15.0. The van der Waals surface area contributed by atoms with Crippen molar-refractivity contribution < 1.29 is 27.8 Å². The maximum atomic E-state index is 13.8. The van der Waals surface area contributed by atoms with Crippen molar-refractivity contribution in [1.29, 1.82) is 0 Å². The topological polar surface area (TPSA) is 38.7 Å². The molecular formula is C21H21F3O3. The molecule has 1 rings (SSSR count). The zero-order valence-electron chi connectivity index (χ0n) is 15.0. The number of hydrogen-bond donors (Lipinski definition) is 1. The summed E-state index contributed by atoms with van der Waals surface area (Å²) in [5.41, 5.74) is 1.11. The predicted molar refractivity (Wildman–Crippen MR) is 100 cm³/mol. The van der Waals surface area contributed by atoms with Crippen molar-refractivity contribution in [3.8, 4) is 11.5 Å². The number of ether oxygens (including phenoxy) is 2. The predicted octanol–water partition coefficient (Wildman–Crippen LogP) is 5.68. The van der Waals surface area contributed by atoms with E-state index in [9.17, 15) is 13.2 Å². The molecule has 0 atom stereocenters. The Morgan fingerprint density at radius 2 is 1.74 bits per heavy atom. The number of benzene rings is 1. The van der Waals surface area contributed by atoms with Crippen LogP contribution in [-0.2, 0) is 4.74 Å². The Balaban J connectivity index is 2.64. The van der Waals surface area contributed by atoms with Crippen LogP contribution in [0.2, 0.25) is 0 Å². The molecule has 0 unspecified atom stereocenters. The average Bonchev–Trinajstić information content (AvgIpc) is 2.63.